The SMILES string of the molecule is CCC1(CC)C(=O)CC1Oc1c(Br)cc(Br)cc1Br. The van der Waals surface area contributed by atoms with E-state index < -0.39 is 0 Å². The molecule has 0 radical (unpaired) electrons. The van der Waals surface area contributed by atoms with E-state index in [1.807, 2.05) is 12.1 Å². The van der Waals surface area contributed by atoms with Crippen LogP contribution in [0, 0.1) is 5.41 Å². The zero-order valence-corrected chi connectivity index (χ0v) is 15.6. The first-order valence-electron chi connectivity index (χ1n) is 6.29. The third kappa shape index (κ3) is 2.66. The Morgan fingerprint density at radius 2 is 1.74 bits per heavy atom. The van der Waals surface area contributed by atoms with Crippen molar-refractivity contribution < 1.29 is 9.53 Å². The standard InChI is InChI=1S/C14H15Br3O2/c1-3-14(4-2)11(18)7-12(14)19-13-9(16)5-8(15)6-10(13)17/h5-6,12H,3-4,7H2,1-2H3. The quantitative estimate of drug-likeness (QED) is 0.600. The molecule has 2 rings (SSSR count). The molecule has 2 nitrogen and oxygen atoms in total. The van der Waals surface area contributed by atoms with E-state index in [4.69, 9.17) is 4.74 Å². The summed E-state index contributed by atoms with van der Waals surface area (Å²) in [6.45, 7) is 4.12. The molecule has 0 aromatic heterocycles. The first-order chi connectivity index (χ1) is 8.94. The fourth-order valence-electron chi connectivity index (χ4n) is 2.65. The van der Waals surface area contributed by atoms with Gasteiger partial charge < -0.3 is 4.74 Å². The Morgan fingerprint density at radius 3 is 2.16 bits per heavy atom. The lowest BCUT2D eigenvalue weighted by atomic mass is 9.61. The maximum absolute atomic E-state index is 11.9. The second kappa shape index (κ2) is 5.86. The molecule has 1 atom stereocenters. The minimum atomic E-state index is -0.300. The molecular formula is C14H15Br3O2. The van der Waals surface area contributed by atoms with E-state index in [9.17, 15) is 4.79 Å². The van der Waals surface area contributed by atoms with Gasteiger partial charge in [0.15, 0.2) is 0 Å². The molecule has 0 amide bonds. The molecular weight excluding hydrogens is 440 g/mol. The van der Waals surface area contributed by atoms with Crippen molar-refractivity contribution in [2.45, 2.75) is 39.2 Å². The van der Waals surface area contributed by atoms with Crippen LogP contribution < -0.4 is 4.74 Å². The van der Waals surface area contributed by atoms with Gasteiger partial charge in [-0.3, -0.25) is 4.79 Å². The Bertz CT molecular complexity index is 486. The van der Waals surface area contributed by atoms with Crippen LogP contribution in [-0.2, 0) is 4.79 Å². The van der Waals surface area contributed by atoms with Crippen LogP contribution in [0.2, 0.25) is 0 Å². The Morgan fingerprint density at radius 1 is 1.21 bits per heavy atom. The molecule has 1 saturated carbocycles. The summed E-state index contributed by atoms with van der Waals surface area (Å²) < 4.78 is 8.84. The number of hydrogen-bond acceptors (Lipinski definition) is 2. The molecule has 1 unspecified atom stereocenters. The summed E-state index contributed by atoms with van der Waals surface area (Å²) in [6, 6.07) is 3.89. The number of benzene rings is 1. The highest BCUT2D eigenvalue weighted by atomic mass is 79.9. The highest BCUT2D eigenvalue weighted by molar-refractivity contribution is 9.11. The van der Waals surface area contributed by atoms with E-state index in [1.54, 1.807) is 0 Å². The highest BCUT2D eigenvalue weighted by Crippen LogP contribution is 2.48. The van der Waals surface area contributed by atoms with Gasteiger partial charge in [-0.1, -0.05) is 29.8 Å². The molecule has 1 aliphatic carbocycles. The Balaban J connectivity index is 2.26. The maximum Gasteiger partial charge on any atom is 0.148 e. The van der Waals surface area contributed by atoms with Gasteiger partial charge in [0.2, 0.25) is 0 Å². The third-order valence-corrected chi connectivity index (χ3v) is 5.66. The average Bonchev–Trinajstić information content (AvgIpc) is 2.33. The number of hydrogen-bond donors (Lipinski definition) is 0. The fourth-order valence-corrected chi connectivity index (χ4v) is 5.10. The lowest BCUT2D eigenvalue weighted by Crippen LogP contribution is -2.56. The second-order valence-electron chi connectivity index (χ2n) is 4.80. The van der Waals surface area contributed by atoms with Crippen LogP contribution in [0.4, 0.5) is 0 Å². The minimum Gasteiger partial charge on any atom is -0.487 e. The predicted octanol–water partition coefficient (Wildman–Crippen LogP) is 5.50. The van der Waals surface area contributed by atoms with E-state index in [2.05, 4.69) is 61.6 Å². The van der Waals surface area contributed by atoms with Crippen molar-refractivity contribution in [3.63, 3.8) is 0 Å². The lowest BCUT2D eigenvalue weighted by Gasteiger charge is -2.46. The van der Waals surface area contributed by atoms with E-state index in [0.717, 1.165) is 32.0 Å². The smallest absolute Gasteiger partial charge is 0.148 e. The van der Waals surface area contributed by atoms with Gasteiger partial charge in [-0.2, -0.15) is 0 Å². The second-order valence-corrected chi connectivity index (χ2v) is 7.42. The summed E-state index contributed by atoms with van der Waals surface area (Å²) in [5, 5.41) is 0. The van der Waals surface area contributed by atoms with Crippen LogP contribution in [0.5, 0.6) is 5.75 Å². The van der Waals surface area contributed by atoms with Gasteiger partial charge in [-0.15, -0.1) is 0 Å². The first-order valence-corrected chi connectivity index (χ1v) is 8.67. The van der Waals surface area contributed by atoms with Crippen molar-refractivity contribution in [3.05, 3.63) is 25.6 Å². The van der Waals surface area contributed by atoms with E-state index in [1.165, 1.54) is 0 Å². The number of ketones is 1. The number of carbonyl (C=O) groups excluding carboxylic acids is 1. The zero-order chi connectivity index (χ0) is 14.2. The Labute approximate surface area is 138 Å². The van der Waals surface area contributed by atoms with Gasteiger partial charge in [0.1, 0.15) is 17.6 Å². The fraction of sp³-hybridized carbons (Fsp3) is 0.500. The van der Waals surface area contributed by atoms with Gasteiger partial charge in [0.25, 0.3) is 0 Å². The van der Waals surface area contributed by atoms with Crippen molar-refractivity contribution in [1.29, 1.82) is 0 Å². The third-order valence-electron chi connectivity index (χ3n) is 4.03. The lowest BCUT2D eigenvalue weighted by molar-refractivity contribution is -0.153. The predicted molar refractivity (Wildman–Crippen MR) is 86.6 cm³/mol. The number of halogens is 3. The molecule has 19 heavy (non-hydrogen) atoms. The van der Waals surface area contributed by atoms with Crippen LogP contribution in [0.25, 0.3) is 0 Å². The van der Waals surface area contributed by atoms with Gasteiger partial charge in [-0.25, -0.2) is 0 Å². The molecule has 0 spiro atoms. The zero-order valence-electron chi connectivity index (χ0n) is 10.8. The summed E-state index contributed by atoms with van der Waals surface area (Å²) >= 11 is 10.4. The monoisotopic (exact) mass is 452 g/mol. The van der Waals surface area contributed by atoms with Gasteiger partial charge in [0.05, 0.1) is 14.4 Å². The van der Waals surface area contributed by atoms with E-state index >= 15 is 0 Å². The molecule has 1 aromatic rings. The first kappa shape index (κ1) is 15.5. The average molecular weight is 455 g/mol. The van der Waals surface area contributed by atoms with Crippen LogP contribution in [-0.4, -0.2) is 11.9 Å². The van der Waals surface area contributed by atoms with Crippen molar-refractivity contribution in [3.8, 4) is 5.75 Å². The molecule has 0 aliphatic heterocycles. The number of Topliss-reactive ketones (excluding diaryl/α,β-unsaturated/α-hetero) is 1. The molecule has 5 heteroatoms. The maximum atomic E-state index is 11.9. The van der Waals surface area contributed by atoms with Crippen molar-refractivity contribution in [1.82, 2.24) is 0 Å². The topological polar surface area (TPSA) is 26.3 Å². The normalized spacial score (nSPS) is 21.1. The van der Waals surface area contributed by atoms with Gasteiger partial charge in [0, 0.05) is 10.9 Å². The van der Waals surface area contributed by atoms with Crippen molar-refractivity contribution >= 4 is 53.6 Å². The van der Waals surface area contributed by atoms with Crippen molar-refractivity contribution in [2.24, 2.45) is 5.41 Å². The molecule has 0 heterocycles. The molecule has 0 N–H and O–H groups in total. The van der Waals surface area contributed by atoms with Gasteiger partial charge >= 0.3 is 0 Å². The van der Waals surface area contributed by atoms with Crippen LogP contribution >= 0.6 is 47.8 Å². The molecule has 1 aliphatic rings. The number of ether oxygens (including phenoxy) is 1. The summed E-state index contributed by atoms with van der Waals surface area (Å²) in [5.74, 6) is 1.10. The van der Waals surface area contributed by atoms with E-state index in [0.29, 0.717) is 12.2 Å². The minimum absolute atomic E-state index is 0.0243. The number of carbonyl (C=O) groups is 1. The molecule has 0 bridgehead atoms. The van der Waals surface area contributed by atoms with Crippen LogP contribution in [0.1, 0.15) is 33.1 Å². The summed E-state index contributed by atoms with van der Waals surface area (Å²) in [5.41, 5.74) is -0.300. The molecule has 1 aromatic carbocycles. The Kier molecular flexibility index (Phi) is 4.79. The molecule has 1 fully saturated rings. The van der Waals surface area contributed by atoms with Crippen LogP contribution in [0.3, 0.4) is 0 Å². The largest absolute Gasteiger partial charge is 0.487 e. The summed E-state index contributed by atoms with van der Waals surface area (Å²) in [6.07, 6.45) is 2.15. The van der Waals surface area contributed by atoms with Gasteiger partial charge in [-0.05, 0) is 56.8 Å². The van der Waals surface area contributed by atoms with Crippen LogP contribution in [0.15, 0.2) is 25.6 Å². The van der Waals surface area contributed by atoms with E-state index in [-0.39, 0.29) is 11.5 Å². The Hall–Kier alpha value is 0.130. The molecule has 104 valence electrons. The van der Waals surface area contributed by atoms with Crippen molar-refractivity contribution in [2.75, 3.05) is 0 Å². The highest BCUT2D eigenvalue weighted by Gasteiger charge is 2.54. The summed E-state index contributed by atoms with van der Waals surface area (Å²) in [7, 11) is 0. The molecule has 0 saturated heterocycles. The summed E-state index contributed by atoms with van der Waals surface area (Å²) in [4.78, 5) is 11.9. The number of rotatable bonds is 4.